The Hall–Kier alpha value is -4.12. The number of nitrogens with zero attached hydrogens (tertiary/aromatic N) is 2. The number of allylic oxidation sites excluding steroid dienone is 1. The smallest absolute Gasteiger partial charge is 0.189 e. The Bertz CT molecular complexity index is 1370. The van der Waals surface area contributed by atoms with Gasteiger partial charge in [-0.2, -0.15) is 5.10 Å². The van der Waals surface area contributed by atoms with Gasteiger partial charge in [0.1, 0.15) is 18.9 Å². The van der Waals surface area contributed by atoms with Gasteiger partial charge in [-0.3, -0.25) is 4.79 Å². The van der Waals surface area contributed by atoms with Crippen LogP contribution in [0.3, 0.4) is 0 Å². The lowest BCUT2D eigenvalue weighted by Gasteiger charge is -2.18. The van der Waals surface area contributed by atoms with Crippen molar-refractivity contribution in [3.05, 3.63) is 101 Å². The molecule has 1 aromatic heterocycles. The van der Waals surface area contributed by atoms with E-state index in [0.29, 0.717) is 25.4 Å². The molecule has 156 valence electrons. The number of para-hydroxylation sites is 1. The Kier molecular flexibility index (Phi) is 4.39. The Morgan fingerprint density at radius 2 is 1.66 bits per heavy atom. The van der Waals surface area contributed by atoms with Crippen LogP contribution in [0.2, 0.25) is 0 Å². The van der Waals surface area contributed by atoms with E-state index in [4.69, 9.17) is 14.6 Å². The average molecular weight is 420 g/mol. The van der Waals surface area contributed by atoms with E-state index in [1.807, 2.05) is 89.8 Å². The van der Waals surface area contributed by atoms with Crippen LogP contribution in [0.25, 0.3) is 23.0 Å². The summed E-state index contributed by atoms with van der Waals surface area (Å²) >= 11 is 0. The van der Waals surface area contributed by atoms with E-state index in [-0.39, 0.29) is 5.78 Å². The third-order valence-corrected chi connectivity index (χ3v) is 5.84. The van der Waals surface area contributed by atoms with Crippen molar-refractivity contribution in [1.29, 1.82) is 0 Å². The fourth-order valence-corrected chi connectivity index (χ4v) is 4.28. The van der Waals surface area contributed by atoms with Gasteiger partial charge < -0.3 is 9.47 Å². The molecule has 4 aromatic rings. The van der Waals surface area contributed by atoms with Gasteiger partial charge >= 0.3 is 0 Å². The van der Waals surface area contributed by atoms with Crippen molar-refractivity contribution >= 4 is 11.9 Å². The second-order valence-electron chi connectivity index (χ2n) is 7.90. The number of Topliss-reactive ketones (excluding diaryl/α,β-unsaturated/α-hetero) is 1. The minimum atomic E-state index is 0.0844. The van der Waals surface area contributed by atoms with E-state index in [9.17, 15) is 4.79 Å². The number of carbonyl (C=O) groups is 1. The molecule has 0 radical (unpaired) electrons. The standard InChI is InChI=1S/C27H20N2O3/c30-27-20(14-18-6-4-5-9-23(18)27)15-21-17-29(22-7-2-1-3-8-22)28-26(21)19-10-11-24-25(16-19)32-13-12-31-24/h1-11,15-17H,12-14H2/b20-15-. The van der Waals surface area contributed by atoms with Gasteiger partial charge in [0.25, 0.3) is 0 Å². The highest BCUT2D eigenvalue weighted by Gasteiger charge is 2.25. The Balaban J connectivity index is 1.47. The molecule has 0 N–H and O–H groups in total. The highest BCUT2D eigenvalue weighted by atomic mass is 16.6. The van der Waals surface area contributed by atoms with E-state index >= 15 is 0 Å². The van der Waals surface area contributed by atoms with Crippen molar-refractivity contribution in [1.82, 2.24) is 9.78 Å². The number of benzene rings is 3. The molecule has 2 aliphatic rings. The third-order valence-electron chi connectivity index (χ3n) is 5.84. The summed E-state index contributed by atoms with van der Waals surface area (Å²) in [6.45, 7) is 1.08. The monoisotopic (exact) mass is 420 g/mol. The van der Waals surface area contributed by atoms with E-state index in [0.717, 1.165) is 45.0 Å². The molecule has 2 heterocycles. The normalized spacial score (nSPS) is 15.8. The molecule has 0 spiro atoms. The lowest BCUT2D eigenvalue weighted by atomic mass is 10.0. The maximum Gasteiger partial charge on any atom is 0.189 e. The Labute approximate surface area is 185 Å². The van der Waals surface area contributed by atoms with Crippen LogP contribution >= 0.6 is 0 Å². The van der Waals surface area contributed by atoms with Gasteiger partial charge in [0.15, 0.2) is 17.3 Å². The number of aromatic nitrogens is 2. The van der Waals surface area contributed by atoms with Crippen molar-refractivity contribution in [2.24, 2.45) is 0 Å². The average Bonchev–Trinajstić information content (AvgIpc) is 3.41. The van der Waals surface area contributed by atoms with Gasteiger partial charge in [0, 0.05) is 34.9 Å². The SMILES string of the molecule is O=C1/C(=C\c2cn(-c3ccccc3)nc2-c2ccc3c(c2)OCCO3)Cc2ccccc21. The molecule has 0 amide bonds. The fraction of sp³-hybridized carbons (Fsp3) is 0.111. The van der Waals surface area contributed by atoms with Gasteiger partial charge in [-0.1, -0.05) is 42.5 Å². The molecule has 0 unspecified atom stereocenters. The highest BCUT2D eigenvalue weighted by molar-refractivity contribution is 6.15. The van der Waals surface area contributed by atoms with E-state index in [1.54, 1.807) is 0 Å². The van der Waals surface area contributed by atoms with Crippen molar-refractivity contribution < 1.29 is 14.3 Å². The number of ether oxygens (including phenoxy) is 2. The van der Waals surface area contributed by atoms with Gasteiger partial charge in [0.05, 0.1) is 5.69 Å². The second kappa shape index (κ2) is 7.54. The molecule has 3 aromatic carbocycles. The molecule has 1 aliphatic heterocycles. The van der Waals surface area contributed by atoms with Crippen LogP contribution < -0.4 is 9.47 Å². The predicted molar refractivity (Wildman–Crippen MR) is 122 cm³/mol. The molecule has 0 saturated heterocycles. The van der Waals surface area contributed by atoms with Crippen LogP contribution in [0.1, 0.15) is 21.5 Å². The number of ketones is 1. The summed E-state index contributed by atoms with van der Waals surface area (Å²) in [6, 6.07) is 23.6. The van der Waals surface area contributed by atoms with Gasteiger partial charge in [-0.05, 0) is 42.0 Å². The summed E-state index contributed by atoms with van der Waals surface area (Å²) in [6.07, 6.45) is 4.58. The van der Waals surface area contributed by atoms with Crippen LogP contribution in [0.4, 0.5) is 0 Å². The number of fused-ring (bicyclic) bond motifs is 2. The van der Waals surface area contributed by atoms with Crippen molar-refractivity contribution in [2.45, 2.75) is 6.42 Å². The van der Waals surface area contributed by atoms with Crippen molar-refractivity contribution in [2.75, 3.05) is 13.2 Å². The Morgan fingerprint density at radius 1 is 0.875 bits per heavy atom. The first-order valence-corrected chi connectivity index (χ1v) is 10.6. The summed E-state index contributed by atoms with van der Waals surface area (Å²) in [5.41, 5.74) is 6.19. The topological polar surface area (TPSA) is 53.4 Å². The molecular formula is C27H20N2O3. The second-order valence-corrected chi connectivity index (χ2v) is 7.90. The van der Waals surface area contributed by atoms with E-state index in [2.05, 4.69) is 0 Å². The summed E-state index contributed by atoms with van der Waals surface area (Å²) in [5, 5.41) is 4.88. The van der Waals surface area contributed by atoms with Gasteiger partial charge in [-0.25, -0.2) is 4.68 Å². The minimum Gasteiger partial charge on any atom is -0.486 e. The zero-order valence-electron chi connectivity index (χ0n) is 17.3. The molecule has 32 heavy (non-hydrogen) atoms. The van der Waals surface area contributed by atoms with Gasteiger partial charge in [-0.15, -0.1) is 0 Å². The van der Waals surface area contributed by atoms with Gasteiger partial charge in [0.2, 0.25) is 0 Å². The van der Waals surface area contributed by atoms with Crippen LogP contribution in [0.5, 0.6) is 11.5 Å². The summed E-state index contributed by atoms with van der Waals surface area (Å²) in [4.78, 5) is 13.0. The van der Waals surface area contributed by atoms with Crippen LogP contribution in [0, 0.1) is 0 Å². The molecular weight excluding hydrogens is 400 g/mol. The molecule has 0 fully saturated rings. The molecule has 6 rings (SSSR count). The largest absolute Gasteiger partial charge is 0.486 e. The quantitative estimate of drug-likeness (QED) is 0.431. The van der Waals surface area contributed by atoms with Crippen molar-refractivity contribution in [3.63, 3.8) is 0 Å². The fourth-order valence-electron chi connectivity index (χ4n) is 4.28. The lowest BCUT2D eigenvalue weighted by molar-refractivity contribution is 0.104. The number of rotatable bonds is 3. The molecule has 5 nitrogen and oxygen atoms in total. The molecule has 5 heteroatoms. The first kappa shape index (κ1) is 18.6. The molecule has 0 saturated carbocycles. The lowest BCUT2D eigenvalue weighted by Crippen LogP contribution is -2.15. The van der Waals surface area contributed by atoms with Crippen LogP contribution in [0.15, 0.2) is 84.6 Å². The molecule has 0 bridgehead atoms. The summed E-state index contributed by atoms with van der Waals surface area (Å²) in [7, 11) is 0. The zero-order valence-corrected chi connectivity index (χ0v) is 17.3. The van der Waals surface area contributed by atoms with Crippen molar-refractivity contribution in [3.8, 4) is 28.4 Å². The maximum atomic E-state index is 13.0. The summed E-state index contributed by atoms with van der Waals surface area (Å²) < 4.78 is 13.3. The molecule has 0 atom stereocenters. The Morgan fingerprint density at radius 3 is 2.50 bits per heavy atom. The highest BCUT2D eigenvalue weighted by Crippen LogP contribution is 2.36. The number of hydrogen-bond acceptors (Lipinski definition) is 4. The first-order chi connectivity index (χ1) is 15.8. The van der Waals surface area contributed by atoms with Crippen LogP contribution in [-0.4, -0.2) is 28.8 Å². The number of hydrogen-bond donors (Lipinski definition) is 0. The molecule has 1 aliphatic carbocycles. The third kappa shape index (κ3) is 3.19. The predicted octanol–water partition coefficient (Wildman–Crippen LogP) is 5.13. The zero-order chi connectivity index (χ0) is 21.5. The summed E-state index contributed by atoms with van der Waals surface area (Å²) in [5.74, 6) is 1.54. The number of carbonyl (C=O) groups excluding carboxylic acids is 1. The van der Waals surface area contributed by atoms with E-state index < -0.39 is 0 Å². The first-order valence-electron chi connectivity index (χ1n) is 10.6. The minimum absolute atomic E-state index is 0.0844. The van der Waals surface area contributed by atoms with Crippen LogP contribution in [-0.2, 0) is 6.42 Å². The van der Waals surface area contributed by atoms with E-state index in [1.165, 1.54) is 0 Å². The maximum absolute atomic E-state index is 13.0.